The fourth-order valence-electron chi connectivity index (χ4n) is 2.29. The van der Waals surface area contributed by atoms with Crippen molar-refractivity contribution in [1.29, 1.82) is 0 Å². The van der Waals surface area contributed by atoms with E-state index in [1.807, 2.05) is 0 Å². The third-order valence-corrected chi connectivity index (χ3v) is 3.72. The molecule has 0 aromatic heterocycles. The van der Waals surface area contributed by atoms with Crippen LogP contribution in [0, 0.1) is 11.6 Å². The maximum absolute atomic E-state index is 13.6. The summed E-state index contributed by atoms with van der Waals surface area (Å²) in [6.45, 7) is 0. The molecular formula is C21H18F2O6. The molecule has 8 heteroatoms. The fourth-order valence-corrected chi connectivity index (χ4v) is 2.29. The highest BCUT2D eigenvalue weighted by atomic mass is 19.1. The van der Waals surface area contributed by atoms with Gasteiger partial charge in [0.25, 0.3) is 0 Å². The zero-order chi connectivity index (χ0) is 21.6. The predicted molar refractivity (Wildman–Crippen MR) is 103 cm³/mol. The van der Waals surface area contributed by atoms with E-state index in [0.717, 1.165) is 30.4 Å². The second-order valence-electron chi connectivity index (χ2n) is 5.75. The van der Waals surface area contributed by atoms with Crippen LogP contribution in [0.1, 0.15) is 11.1 Å². The number of hydrogen-bond acceptors (Lipinski definition) is 6. The van der Waals surface area contributed by atoms with Gasteiger partial charge in [0.15, 0.2) is 40.4 Å². The van der Waals surface area contributed by atoms with Gasteiger partial charge in [0, 0.05) is 6.08 Å². The van der Waals surface area contributed by atoms with Crippen LogP contribution in [0.25, 0.3) is 12.2 Å². The molecule has 0 unspecified atom stereocenters. The molecular weight excluding hydrogens is 386 g/mol. The van der Waals surface area contributed by atoms with Gasteiger partial charge in [-0.1, -0.05) is 12.2 Å². The van der Waals surface area contributed by atoms with Crippen molar-refractivity contribution < 1.29 is 38.4 Å². The van der Waals surface area contributed by atoms with Crippen LogP contribution in [-0.2, 0) is 4.79 Å². The van der Waals surface area contributed by atoms with Crippen molar-refractivity contribution in [2.45, 2.75) is 0 Å². The third kappa shape index (κ3) is 5.58. The van der Waals surface area contributed by atoms with Gasteiger partial charge in [-0.2, -0.15) is 0 Å². The van der Waals surface area contributed by atoms with Gasteiger partial charge in [0.05, 0.1) is 14.2 Å². The summed E-state index contributed by atoms with van der Waals surface area (Å²) in [5.41, 5.74) is 0.548. The number of hydrogen-bond donors (Lipinski definition) is 3. The normalized spacial score (nSPS) is 11.9. The summed E-state index contributed by atoms with van der Waals surface area (Å²) in [5, 5.41) is 28.7. The molecule has 2 aromatic carbocycles. The maximum Gasteiger partial charge on any atom is 0.194 e. The first-order valence-corrected chi connectivity index (χ1v) is 8.19. The van der Waals surface area contributed by atoms with Gasteiger partial charge in [-0.25, -0.2) is 8.78 Å². The quantitative estimate of drug-likeness (QED) is 0.365. The number of phenolic OH excluding ortho intramolecular Hbond substituents is 2. The molecule has 2 aromatic rings. The number of allylic oxidation sites excluding steroid dienone is 3. The van der Waals surface area contributed by atoms with E-state index >= 15 is 0 Å². The van der Waals surface area contributed by atoms with E-state index in [1.54, 1.807) is 0 Å². The molecule has 2 rings (SSSR count). The van der Waals surface area contributed by atoms with Crippen LogP contribution in [0.2, 0.25) is 0 Å². The number of carbonyl (C=O) groups is 1. The standard InChI is InChI=1S/C21H18F2O6/c1-28-18-9-12(7-16(22)20(18)26)3-5-14(24)11-15(25)6-4-13-8-17(23)21(27)19(10-13)29-2/h3-11,24,26-27H,1-2H3/b5-3+,6-4+,14-11?. The van der Waals surface area contributed by atoms with Gasteiger partial charge in [0.1, 0.15) is 5.76 Å². The number of benzene rings is 2. The van der Waals surface area contributed by atoms with Crippen LogP contribution in [0.5, 0.6) is 23.0 Å². The summed E-state index contributed by atoms with van der Waals surface area (Å²) in [6.07, 6.45) is 5.73. The summed E-state index contributed by atoms with van der Waals surface area (Å²) >= 11 is 0. The van der Waals surface area contributed by atoms with Crippen molar-refractivity contribution in [1.82, 2.24) is 0 Å². The lowest BCUT2D eigenvalue weighted by Crippen LogP contribution is -1.91. The number of ketones is 1. The molecule has 0 aliphatic rings. The summed E-state index contributed by atoms with van der Waals surface area (Å²) in [6, 6.07) is 4.71. The van der Waals surface area contributed by atoms with Crippen LogP contribution >= 0.6 is 0 Å². The number of methoxy groups -OCH3 is 2. The zero-order valence-electron chi connectivity index (χ0n) is 15.5. The van der Waals surface area contributed by atoms with Gasteiger partial charge >= 0.3 is 0 Å². The average Bonchev–Trinajstić information content (AvgIpc) is 2.69. The maximum atomic E-state index is 13.6. The van der Waals surface area contributed by atoms with Crippen molar-refractivity contribution in [3.8, 4) is 23.0 Å². The Morgan fingerprint density at radius 2 is 1.31 bits per heavy atom. The molecule has 0 saturated heterocycles. The molecule has 152 valence electrons. The lowest BCUT2D eigenvalue weighted by molar-refractivity contribution is -0.110. The highest BCUT2D eigenvalue weighted by molar-refractivity contribution is 6.02. The molecule has 0 bridgehead atoms. The fraction of sp³-hybridized carbons (Fsp3) is 0.0952. The first kappa shape index (κ1) is 21.5. The van der Waals surface area contributed by atoms with Crippen molar-refractivity contribution in [3.63, 3.8) is 0 Å². The van der Waals surface area contributed by atoms with Gasteiger partial charge in [-0.05, 0) is 47.5 Å². The van der Waals surface area contributed by atoms with E-state index in [-0.39, 0.29) is 22.6 Å². The molecule has 0 aliphatic heterocycles. The number of carbonyl (C=O) groups excluding carboxylic acids is 1. The SMILES string of the molecule is COc1cc(/C=C/C(=O)C=C(O)/C=C/c2cc(F)c(O)c(OC)c2)cc(F)c1O. The number of aromatic hydroxyl groups is 2. The van der Waals surface area contributed by atoms with E-state index in [9.17, 15) is 28.9 Å². The van der Waals surface area contributed by atoms with Crippen molar-refractivity contribution in [3.05, 3.63) is 71.0 Å². The smallest absolute Gasteiger partial charge is 0.194 e. The Balaban J connectivity index is 2.13. The van der Waals surface area contributed by atoms with Gasteiger partial charge < -0.3 is 24.8 Å². The third-order valence-electron chi connectivity index (χ3n) is 3.72. The highest BCUT2D eigenvalue weighted by Crippen LogP contribution is 2.31. The Morgan fingerprint density at radius 3 is 1.76 bits per heavy atom. The van der Waals surface area contributed by atoms with Crippen LogP contribution in [0.4, 0.5) is 8.78 Å². The van der Waals surface area contributed by atoms with Crippen molar-refractivity contribution in [2.24, 2.45) is 0 Å². The molecule has 0 aliphatic carbocycles. The number of aliphatic hydroxyl groups excluding tert-OH is 1. The molecule has 29 heavy (non-hydrogen) atoms. The Bertz CT molecular complexity index is 1010. The van der Waals surface area contributed by atoms with Crippen molar-refractivity contribution in [2.75, 3.05) is 14.2 Å². The molecule has 0 radical (unpaired) electrons. The number of rotatable bonds is 7. The van der Waals surface area contributed by atoms with Gasteiger partial charge in [0.2, 0.25) is 0 Å². The van der Waals surface area contributed by atoms with Gasteiger partial charge in [-0.3, -0.25) is 4.79 Å². The Morgan fingerprint density at radius 1 is 0.862 bits per heavy atom. The lowest BCUT2D eigenvalue weighted by Gasteiger charge is -2.05. The van der Waals surface area contributed by atoms with Crippen LogP contribution < -0.4 is 9.47 Å². The van der Waals surface area contributed by atoms with Crippen LogP contribution in [0.15, 0.2) is 48.3 Å². The van der Waals surface area contributed by atoms with E-state index in [1.165, 1.54) is 38.5 Å². The molecule has 0 spiro atoms. The minimum Gasteiger partial charge on any atom is -0.508 e. The van der Waals surface area contributed by atoms with Crippen molar-refractivity contribution >= 4 is 17.9 Å². The Hall–Kier alpha value is -3.81. The average molecular weight is 404 g/mol. The summed E-state index contributed by atoms with van der Waals surface area (Å²) in [5.74, 6) is -4.26. The highest BCUT2D eigenvalue weighted by Gasteiger charge is 2.10. The molecule has 0 amide bonds. The molecule has 0 heterocycles. The van der Waals surface area contributed by atoms with Crippen LogP contribution in [-0.4, -0.2) is 35.3 Å². The zero-order valence-corrected chi connectivity index (χ0v) is 15.5. The van der Waals surface area contributed by atoms with E-state index in [0.29, 0.717) is 0 Å². The summed E-state index contributed by atoms with van der Waals surface area (Å²) < 4.78 is 36.8. The molecule has 0 saturated carbocycles. The Kier molecular flexibility index (Phi) is 6.97. The van der Waals surface area contributed by atoms with E-state index in [4.69, 9.17) is 9.47 Å². The monoisotopic (exact) mass is 404 g/mol. The Labute approximate surface area is 165 Å². The second kappa shape index (κ2) is 9.41. The number of aliphatic hydroxyl groups is 1. The largest absolute Gasteiger partial charge is 0.508 e. The molecule has 6 nitrogen and oxygen atoms in total. The topological polar surface area (TPSA) is 96.2 Å². The van der Waals surface area contributed by atoms with Gasteiger partial charge in [-0.15, -0.1) is 0 Å². The van der Waals surface area contributed by atoms with E-state index < -0.39 is 34.7 Å². The first-order chi connectivity index (χ1) is 13.7. The molecule has 3 N–H and O–H groups in total. The lowest BCUT2D eigenvalue weighted by atomic mass is 10.1. The first-order valence-electron chi connectivity index (χ1n) is 8.19. The predicted octanol–water partition coefficient (Wildman–Crippen LogP) is 4.13. The number of ether oxygens (including phenoxy) is 2. The van der Waals surface area contributed by atoms with Crippen LogP contribution in [0.3, 0.4) is 0 Å². The minimum absolute atomic E-state index is 0.0799. The number of phenols is 2. The molecule has 0 fully saturated rings. The molecule has 0 atom stereocenters. The van der Waals surface area contributed by atoms with E-state index in [2.05, 4.69) is 0 Å². The summed E-state index contributed by atoms with van der Waals surface area (Å²) in [7, 11) is 2.52. The summed E-state index contributed by atoms with van der Waals surface area (Å²) in [4.78, 5) is 11.9. The second-order valence-corrected chi connectivity index (χ2v) is 5.75. The number of halogens is 2. The minimum atomic E-state index is -0.908.